The first-order valence-electron chi connectivity index (χ1n) is 12.8. The molecule has 0 radical (unpaired) electrons. The lowest BCUT2D eigenvalue weighted by atomic mass is 10.00. The second-order valence-electron chi connectivity index (χ2n) is 9.66. The van der Waals surface area contributed by atoms with Crippen LogP contribution in [-0.2, 0) is 4.74 Å². The van der Waals surface area contributed by atoms with Gasteiger partial charge in [0, 0.05) is 36.8 Å². The number of methoxy groups -OCH3 is 1. The van der Waals surface area contributed by atoms with E-state index in [2.05, 4.69) is 20.1 Å². The molecule has 4 aromatic rings. The van der Waals surface area contributed by atoms with Crippen molar-refractivity contribution < 1.29 is 27.8 Å². The largest absolute Gasteiger partial charge is 0.496 e. The third kappa shape index (κ3) is 5.26. The minimum absolute atomic E-state index is 0.0451. The van der Waals surface area contributed by atoms with E-state index in [1.54, 1.807) is 12.3 Å². The molecule has 1 saturated heterocycles. The number of imidazole rings is 1. The van der Waals surface area contributed by atoms with Crippen molar-refractivity contribution in [3.05, 3.63) is 54.4 Å². The maximum Gasteiger partial charge on any atom is 0.387 e. The summed E-state index contributed by atoms with van der Waals surface area (Å²) >= 11 is 0. The van der Waals surface area contributed by atoms with Gasteiger partial charge in [-0.1, -0.05) is 0 Å². The first-order chi connectivity index (χ1) is 19.0. The molecule has 0 N–H and O–H groups in total. The Balaban J connectivity index is 1.32. The van der Waals surface area contributed by atoms with Gasteiger partial charge in [0.05, 0.1) is 37.9 Å². The van der Waals surface area contributed by atoms with Gasteiger partial charge in [0.1, 0.15) is 22.7 Å². The average molecular weight is 536 g/mol. The van der Waals surface area contributed by atoms with Crippen molar-refractivity contribution in [1.29, 1.82) is 0 Å². The number of hydrogen-bond donors (Lipinski definition) is 0. The van der Waals surface area contributed by atoms with Crippen LogP contribution in [0.3, 0.4) is 0 Å². The summed E-state index contributed by atoms with van der Waals surface area (Å²) in [6.45, 7) is -0.187. The van der Waals surface area contributed by atoms with Crippen molar-refractivity contribution in [3.63, 3.8) is 0 Å². The molecule has 1 saturated carbocycles. The summed E-state index contributed by atoms with van der Waals surface area (Å²) in [6, 6.07) is 10.7. The van der Waals surface area contributed by atoms with Crippen LogP contribution in [0.4, 0.5) is 14.6 Å². The van der Waals surface area contributed by atoms with Gasteiger partial charge in [-0.25, -0.2) is 4.98 Å². The Labute approximate surface area is 223 Å². The summed E-state index contributed by atoms with van der Waals surface area (Å²) in [6.07, 6.45) is 5.68. The van der Waals surface area contributed by atoms with Crippen LogP contribution in [0, 0.1) is 5.92 Å². The highest BCUT2D eigenvalue weighted by atomic mass is 19.3. The molecule has 0 amide bonds. The number of carbonyl (C=O) groups excluding carboxylic acids is 1. The first-order valence-corrected chi connectivity index (χ1v) is 12.8. The second kappa shape index (κ2) is 10.6. The van der Waals surface area contributed by atoms with E-state index in [0.717, 1.165) is 37.3 Å². The Morgan fingerprint density at radius 2 is 1.87 bits per heavy atom. The number of ketones is 1. The normalized spacial score (nSPS) is 15.6. The number of benzene rings is 1. The third-order valence-electron chi connectivity index (χ3n) is 7.04. The molecular formula is C28H27F2N5O4. The molecule has 1 aliphatic heterocycles. The molecule has 202 valence electrons. The van der Waals surface area contributed by atoms with Gasteiger partial charge in [-0.15, -0.1) is 10.2 Å². The van der Waals surface area contributed by atoms with Crippen LogP contribution in [0.1, 0.15) is 29.6 Å². The van der Waals surface area contributed by atoms with Gasteiger partial charge in [-0.05, 0) is 55.2 Å². The molecule has 6 rings (SSSR count). The fourth-order valence-corrected chi connectivity index (χ4v) is 4.84. The van der Waals surface area contributed by atoms with Gasteiger partial charge in [0.25, 0.3) is 0 Å². The number of nitrogens with zero attached hydrogens (tertiary/aromatic N) is 5. The fraction of sp³-hybridized carbons (Fsp3) is 0.357. The minimum atomic E-state index is -3.09. The maximum absolute atomic E-state index is 13.3. The van der Waals surface area contributed by atoms with E-state index in [9.17, 15) is 13.6 Å². The molecule has 2 aliphatic rings. The number of alkyl halides is 2. The Hall–Kier alpha value is -4.12. The van der Waals surface area contributed by atoms with Crippen molar-refractivity contribution in [3.8, 4) is 34.0 Å². The van der Waals surface area contributed by atoms with E-state index in [0.29, 0.717) is 35.8 Å². The standard InChI is InChI=1S/C28H27F2N5O4/c1-37-23-13-19(14-24(39-28(29)30)27(23)22(36)12-17-2-3-17)21-16-31-26-15-18(6-7-35(21)26)20-4-5-25(33-32-20)34-8-10-38-11-9-34/h4-7,13-17,28H,2-3,8-12H2,1H3. The predicted molar refractivity (Wildman–Crippen MR) is 140 cm³/mol. The van der Waals surface area contributed by atoms with Crippen LogP contribution in [0.15, 0.2) is 48.8 Å². The Morgan fingerprint density at radius 3 is 2.56 bits per heavy atom. The fourth-order valence-electron chi connectivity index (χ4n) is 4.84. The molecule has 0 unspecified atom stereocenters. The van der Waals surface area contributed by atoms with Crippen LogP contribution < -0.4 is 14.4 Å². The topological polar surface area (TPSA) is 91.1 Å². The lowest BCUT2D eigenvalue weighted by Gasteiger charge is -2.27. The summed E-state index contributed by atoms with van der Waals surface area (Å²) in [5.41, 5.74) is 3.37. The Morgan fingerprint density at radius 1 is 1.08 bits per heavy atom. The van der Waals surface area contributed by atoms with Gasteiger partial charge in [-0.3, -0.25) is 9.20 Å². The third-order valence-corrected chi connectivity index (χ3v) is 7.04. The second-order valence-corrected chi connectivity index (χ2v) is 9.66. The van der Waals surface area contributed by atoms with Gasteiger partial charge in [-0.2, -0.15) is 8.78 Å². The molecule has 1 aliphatic carbocycles. The number of carbonyl (C=O) groups is 1. The minimum Gasteiger partial charge on any atom is -0.496 e. The maximum atomic E-state index is 13.3. The lowest BCUT2D eigenvalue weighted by molar-refractivity contribution is -0.0502. The molecule has 0 bridgehead atoms. The number of morpholine rings is 1. The van der Waals surface area contributed by atoms with Crippen molar-refractivity contribution >= 4 is 17.2 Å². The van der Waals surface area contributed by atoms with Gasteiger partial charge < -0.3 is 19.1 Å². The summed E-state index contributed by atoms with van der Waals surface area (Å²) in [5.74, 6) is 0.818. The average Bonchev–Trinajstić information content (AvgIpc) is 3.67. The lowest BCUT2D eigenvalue weighted by Crippen LogP contribution is -2.36. The van der Waals surface area contributed by atoms with Gasteiger partial charge >= 0.3 is 6.61 Å². The highest BCUT2D eigenvalue weighted by molar-refractivity contribution is 6.02. The van der Waals surface area contributed by atoms with Gasteiger partial charge in [0.2, 0.25) is 0 Å². The van der Waals surface area contributed by atoms with E-state index >= 15 is 0 Å². The van der Waals surface area contributed by atoms with Crippen LogP contribution in [0.5, 0.6) is 11.5 Å². The SMILES string of the molecule is COc1cc(-c2cnc3cc(-c4ccc(N5CCOCC5)nn4)ccn23)cc(OC(F)F)c1C(=O)CC1CC1. The van der Waals surface area contributed by atoms with E-state index in [1.165, 1.54) is 13.2 Å². The monoisotopic (exact) mass is 535 g/mol. The summed E-state index contributed by atoms with van der Waals surface area (Å²) in [7, 11) is 1.41. The number of Topliss-reactive ketones (excluding diaryl/α,β-unsaturated/α-hetero) is 1. The zero-order valence-electron chi connectivity index (χ0n) is 21.3. The molecule has 1 aromatic carbocycles. The first kappa shape index (κ1) is 25.2. The smallest absolute Gasteiger partial charge is 0.387 e. The number of ether oxygens (including phenoxy) is 3. The van der Waals surface area contributed by atoms with Crippen molar-refractivity contribution in [2.24, 2.45) is 5.92 Å². The molecule has 3 aromatic heterocycles. The molecule has 2 fully saturated rings. The van der Waals surface area contributed by atoms with Gasteiger partial charge in [0.15, 0.2) is 11.6 Å². The number of aromatic nitrogens is 4. The van der Waals surface area contributed by atoms with E-state index in [-0.39, 0.29) is 35.2 Å². The van der Waals surface area contributed by atoms with E-state index in [4.69, 9.17) is 14.2 Å². The summed E-state index contributed by atoms with van der Waals surface area (Å²) in [4.78, 5) is 19.6. The predicted octanol–water partition coefficient (Wildman–Crippen LogP) is 4.89. The number of rotatable bonds is 9. The number of pyridine rings is 1. The van der Waals surface area contributed by atoms with Crippen LogP contribution >= 0.6 is 0 Å². The van der Waals surface area contributed by atoms with Crippen LogP contribution in [-0.4, -0.2) is 65.4 Å². The molecule has 9 nitrogen and oxygen atoms in total. The highest BCUT2D eigenvalue weighted by Crippen LogP contribution is 2.40. The summed E-state index contributed by atoms with van der Waals surface area (Å²) in [5, 5.41) is 8.79. The Bertz CT molecular complexity index is 1500. The van der Waals surface area contributed by atoms with Crippen molar-refractivity contribution in [2.75, 3.05) is 38.3 Å². The molecule has 0 atom stereocenters. The van der Waals surface area contributed by atoms with E-state index < -0.39 is 6.61 Å². The molecule has 39 heavy (non-hydrogen) atoms. The van der Waals surface area contributed by atoms with Crippen LogP contribution in [0.25, 0.3) is 28.2 Å². The van der Waals surface area contributed by atoms with Crippen molar-refractivity contribution in [1.82, 2.24) is 19.6 Å². The van der Waals surface area contributed by atoms with Crippen LogP contribution in [0.2, 0.25) is 0 Å². The zero-order valence-corrected chi connectivity index (χ0v) is 21.3. The molecular weight excluding hydrogens is 508 g/mol. The highest BCUT2D eigenvalue weighted by Gasteiger charge is 2.30. The quantitative estimate of drug-likeness (QED) is 0.280. The van der Waals surface area contributed by atoms with E-state index in [1.807, 2.05) is 34.9 Å². The molecule has 11 heteroatoms. The molecule has 4 heterocycles. The molecule has 0 spiro atoms. The number of anilines is 1. The summed E-state index contributed by atoms with van der Waals surface area (Å²) < 4.78 is 44.1. The zero-order chi connectivity index (χ0) is 26.9. The number of halogens is 2. The number of hydrogen-bond acceptors (Lipinski definition) is 8. The number of fused-ring (bicyclic) bond motifs is 1. The Kier molecular flexibility index (Phi) is 6.82. The van der Waals surface area contributed by atoms with Crippen molar-refractivity contribution in [2.45, 2.75) is 25.9 Å².